The summed E-state index contributed by atoms with van der Waals surface area (Å²) in [6.07, 6.45) is 7.35. The highest BCUT2D eigenvalue weighted by Gasteiger charge is 2.73. The molecule has 10 atom stereocenters. The Morgan fingerprint density at radius 1 is 1.08 bits per heavy atom. The number of aliphatic hydroxyl groups is 2. The van der Waals surface area contributed by atoms with Crippen LogP contribution >= 0.6 is 15.9 Å². The molecule has 0 spiro atoms. The Bertz CT molecular complexity index is 555. The SMILES string of the molecule is C[C@@H]1C[C@H](O)C[C@]2(Br)[C@H]3C[C@H]4[C@@H]5CC[C@H](O)[C@@]5(C)CC[C@@H]4[C@@]12CO3. The molecular formula is C20H31BrO3. The minimum absolute atomic E-state index is 0.0385. The van der Waals surface area contributed by atoms with Gasteiger partial charge in [0.1, 0.15) is 0 Å². The Balaban J connectivity index is 1.58. The van der Waals surface area contributed by atoms with Gasteiger partial charge in [-0.3, -0.25) is 0 Å². The molecule has 4 heteroatoms. The zero-order chi connectivity index (χ0) is 16.9. The van der Waals surface area contributed by atoms with E-state index < -0.39 is 0 Å². The molecule has 0 aromatic carbocycles. The monoisotopic (exact) mass is 398 g/mol. The van der Waals surface area contributed by atoms with Crippen LogP contribution in [0.2, 0.25) is 0 Å². The van der Waals surface area contributed by atoms with Crippen LogP contribution in [0, 0.1) is 34.5 Å². The van der Waals surface area contributed by atoms with E-state index in [1.165, 1.54) is 12.8 Å². The summed E-state index contributed by atoms with van der Waals surface area (Å²) < 4.78 is 6.38. The largest absolute Gasteiger partial charge is 0.393 e. The fourth-order valence-corrected chi connectivity index (χ4v) is 9.71. The normalized spacial score (nSPS) is 65.1. The van der Waals surface area contributed by atoms with Crippen LogP contribution in [0.15, 0.2) is 0 Å². The van der Waals surface area contributed by atoms with Crippen molar-refractivity contribution in [1.82, 2.24) is 0 Å². The number of hydrogen-bond donors (Lipinski definition) is 2. The molecule has 0 aromatic rings. The van der Waals surface area contributed by atoms with Crippen LogP contribution in [0.3, 0.4) is 0 Å². The Kier molecular flexibility index (Phi) is 3.44. The van der Waals surface area contributed by atoms with Crippen LogP contribution in [0.5, 0.6) is 0 Å². The fraction of sp³-hybridized carbons (Fsp3) is 1.00. The standard InChI is InChI=1S/C20H31BrO3/c1-11-7-12(22)9-20(21)17-8-13-14-3-4-16(23)18(14,2)6-5-15(13)19(11,20)10-24-17/h11-17,22-23H,3-10H2,1-2H3/t11-,12+,13+,14+,15+,16+,17-,18+,19-,20+/m1/s1. The van der Waals surface area contributed by atoms with E-state index in [1.54, 1.807) is 0 Å². The van der Waals surface area contributed by atoms with Gasteiger partial charge in [-0.2, -0.15) is 0 Å². The average molecular weight is 399 g/mol. The molecule has 2 bridgehead atoms. The number of halogens is 1. The quantitative estimate of drug-likeness (QED) is 0.613. The number of aliphatic hydroxyl groups excluding tert-OH is 2. The van der Waals surface area contributed by atoms with Gasteiger partial charge < -0.3 is 14.9 Å². The number of hydrogen-bond acceptors (Lipinski definition) is 3. The lowest BCUT2D eigenvalue weighted by Gasteiger charge is -2.64. The zero-order valence-electron chi connectivity index (χ0n) is 14.9. The first-order valence-corrected chi connectivity index (χ1v) is 10.8. The molecule has 1 saturated heterocycles. The molecule has 24 heavy (non-hydrogen) atoms. The number of ether oxygens (including phenoxy) is 1. The first-order chi connectivity index (χ1) is 11.3. The van der Waals surface area contributed by atoms with E-state index in [0.717, 1.165) is 38.7 Å². The molecular weight excluding hydrogens is 368 g/mol. The molecule has 2 N–H and O–H groups in total. The minimum atomic E-state index is -0.199. The van der Waals surface area contributed by atoms with Gasteiger partial charge in [0.2, 0.25) is 0 Å². The van der Waals surface area contributed by atoms with Crippen LogP contribution in [-0.2, 0) is 4.74 Å². The Labute approximate surface area is 153 Å². The Morgan fingerprint density at radius 2 is 1.88 bits per heavy atom. The highest BCUT2D eigenvalue weighted by molar-refractivity contribution is 9.10. The third-order valence-corrected chi connectivity index (χ3v) is 11.0. The molecule has 0 aromatic heterocycles. The molecule has 5 aliphatic rings. The van der Waals surface area contributed by atoms with Gasteiger partial charge in [-0.05, 0) is 74.0 Å². The van der Waals surface area contributed by atoms with Crippen molar-refractivity contribution in [3.8, 4) is 0 Å². The summed E-state index contributed by atoms with van der Waals surface area (Å²) in [6, 6.07) is 0. The average Bonchev–Trinajstić information content (AvgIpc) is 2.88. The van der Waals surface area contributed by atoms with Crippen LogP contribution in [-0.4, -0.2) is 39.5 Å². The van der Waals surface area contributed by atoms with Gasteiger partial charge in [-0.15, -0.1) is 0 Å². The summed E-state index contributed by atoms with van der Waals surface area (Å²) >= 11 is 4.16. The lowest BCUT2D eigenvalue weighted by atomic mass is 9.43. The van der Waals surface area contributed by atoms with Gasteiger partial charge in [0.25, 0.3) is 0 Å². The van der Waals surface area contributed by atoms with Crippen molar-refractivity contribution < 1.29 is 14.9 Å². The van der Waals surface area contributed by atoms with Crippen LogP contribution in [0.25, 0.3) is 0 Å². The lowest BCUT2D eigenvalue weighted by molar-refractivity contribution is -0.132. The smallest absolute Gasteiger partial charge is 0.0738 e. The highest BCUT2D eigenvalue weighted by Crippen LogP contribution is 2.73. The topological polar surface area (TPSA) is 49.7 Å². The second kappa shape index (κ2) is 4.99. The van der Waals surface area contributed by atoms with E-state index in [2.05, 4.69) is 29.8 Å². The van der Waals surface area contributed by atoms with Crippen LogP contribution in [0.4, 0.5) is 0 Å². The van der Waals surface area contributed by atoms with Crippen molar-refractivity contribution in [3.63, 3.8) is 0 Å². The number of alkyl halides is 1. The van der Waals surface area contributed by atoms with Gasteiger partial charge in [-0.25, -0.2) is 0 Å². The number of rotatable bonds is 0. The molecule has 0 radical (unpaired) electrons. The molecule has 3 nitrogen and oxygen atoms in total. The molecule has 5 rings (SSSR count). The maximum absolute atomic E-state index is 10.6. The number of fused-ring (bicyclic) bond motifs is 3. The maximum Gasteiger partial charge on any atom is 0.0738 e. The summed E-state index contributed by atoms with van der Waals surface area (Å²) in [5, 5.41) is 21.1. The van der Waals surface area contributed by atoms with E-state index in [-0.39, 0.29) is 33.5 Å². The first kappa shape index (κ1) is 16.5. The van der Waals surface area contributed by atoms with Crippen molar-refractivity contribution in [3.05, 3.63) is 0 Å². The minimum Gasteiger partial charge on any atom is -0.393 e. The van der Waals surface area contributed by atoms with Crippen molar-refractivity contribution in [1.29, 1.82) is 0 Å². The van der Waals surface area contributed by atoms with Gasteiger partial charge >= 0.3 is 0 Å². The third kappa shape index (κ3) is 1.70. The second-order valence-electron chi connectivity index (χ2n) is 9.95. The molecule has 0 unspecified atom stereocenters. The lowest BCUT2D eigenvalue weighted by Crippen LogP contribution is -2.66. The van der Waals surface area contributed by atoms with Crippen molar-refractivity contribution in [2.75, 3.05) is 6.61 Å². The first-order valence-electron chi connectivity index (χ1n) is 9.99. The predicted octanol–water partition coefficient (Wildman–Crippen LogP) is 3.50. The summed E-state index contributed by atoms with van der Waals surface area (Å²) in [5.41, 5.74) is 0.301. The molecule has 1 aliphatic heterocycles. The molecule has 1 heterocycles. The van der Waals surface area contributed by atoms with E-state index in [0.29, 0.717) is 23.7 Å². The summed E-state index contributed by atoms with van der Waals surface area (Å²) in [5.74, 6) is 2.52. The zero-order valence-corrected chi connectivity index (χ0v) is 16.5. The predicted molar refractivity (Wildman–Crippen MR) is 95.9 cm³/mol. The van der Waals surface area contributed by atoms with E-state index in [4.69, 9.17) is 4.74 Å². The van der Waals surface area contributed by atoms with Gasteiger partial charge in [0, 0.05) is 5.41 Å². The van der Waals surface area contributed by atoms with E-state index in [1.807, 2.05) is 0 Å². The second-order valence-corrected chi connectivity index (χ2v) is 11.4. The van der Waals surface area contributed by atoms with Crippen molar-refractivity contribution in [2.45, 2.75) is 81.4 Å². The Hall–Kier alpha value is 0.360. The highest BCUT2D eigenvalue weighted by atomic mass is 79.9. The third-order valence-electron chi connectivity index (χ3n) is 9.38. The Morgan fingerprint density at radius 3 is 2.67 bits per heavy atom. The van der Waals surface area contributed by atoms with Gasteiger partial charge in [0.05, 0.1) is 29.2 Å². The van der Waals surface area contributed by atoms with Crippen LogP contribution < -0.4 is 0 Å². The van der Waals surface area contributed by atoms with E-state index >= 15 is 0 Å². The molecule has 136 valence electrons. The van der Waals surface area contributed by atoms with Gasteiger partial charge in [-0.1, -0.05) is 29.8 Å². The summed E-state index contributed by atoms with van der Waals surface area (Å²) in [6.45, 7) is 5.56. The summed E-state index contributed by atoms with van der Waals surface area (Å²) in [4.78, 5) is 0. The van der Waals surface area contributed by atoms with Crippen LogP contribution in [0.1, 0.15) is 58.8 Å². The molecule has 4 saturated carbocycles. The van der Waals surface area contributed by atoms with Crippen molar-refractivity contribution >= 4 is 15.9 Å². The molecule has 0 amide bonds. The van der Waals surface area contributed by atoms with E-state index in [9.17, 15) is 10.2 Å². The fourth-order valence-electron chi connectivity index (χ4n) is 8.22. The molecule has 5 fully saturated rings. The molecule has 4 aliphatic carbocycles. The van der Waals surface area contributed by atoms with Gasteiger partial charge in [0.15, 0.2) is 0 Å². The van der Waals surface area contributed by atoms with Crippen molar-refractivity contribution in [2.24, 2.45) is 34.5 Å². The maximum atomic E-state index is 10.6. The summed E-state index contributed by atoms with van der Waals surface area (Å²) in [7, 11) is 0.